The maximum Gasteiger partial charge on any atom is 0.264 e. The molecule has 8 heavy (non-hydrogen) atoms. The van der Waals surface area contributed by atoms with E-state index in [0.29, 0.717) is 6.61 Å². The summed E-state index contributed by atoms with van der Waals surface area (Å²) >= 11 is 0. The fourth-order valence-electron chi connectivity index (χ4n) is 0.336. The van der Waals surface area contributed by atoms with Gasteiger partial charge in [0.25, 0.3) is 6.43 Å². The van der Waals surface area contributed by atoms with Gasteiger partial charge in [0.05, 0.1) is 0 Å². The Balaban J connectivity index is 3.17. The van der Waals surface area contributed by atoms with Crippen molar-refractivity contribution in [3.05, 3.63) is 0 Å². The zero-order chi connectivity index (χ0) is 6.57. The number of halogens is 2. The first-order chi connectivity index (χ1) is 3.68. The van der Waals surface area contributed by atoms with Crippen molar-refractivity contribution in [1.82, 2.24) is 0 Å². The summed E-state index contributed by atoms with van der Waals surface area (Å²) in [6, 6.07) is 0. The van der Waals surface area contributed by atoms with Crippen molar-refractivity contribution in [3.63, 3.8) is 0 Å². The summed E-state index contributed by atoms with van der Waals surface area (Å²) in [7, 11) is 0. The Kier molecular flexibility index (Phi) is 3.69. The van der Waals surface area contributed by atoms with Crippen LogP contribution in [0.25, 0.3) is 0 Å². The average molecular weight is 124 g/mol. The van der Waals surface area contributed by atoms with Gasteiger partial charge in [0.15, 0.2) is 0 Å². The molecule has 1 atom stereocenters. The minimum atomic E-state index is -2.35. The fourth-order valence-corrected chi connectivity index (χ4v) is 0.336. The Labute approximate surface area is 47.6 Å². The lowest BCUT2D eigenvalue weighted by Crippen LogP contribution is -2.17. The van der Waals surface area contributed by atoms with Gasteiger partial charge in [-0.25, -0.2) is 8.78 Å². The van der Waals surface area contributed by atoms with Crippen molar-refractivity contribution in [2.45, 2.75) is 26.4 Å². The predicted octanol–water partition coefficient (Wildman–Crippen LogP) is 1.68. The molecule has 0 fully saturated rings. The van der Waals surface area contributed by atoms with Crippen LogP contribution >= 0.6 is 0 Å². The van der Waals surface area contributed by atoms with E-state index in [4.69, 9.17) is 0 Å². The maximum atomic E-state index is 11.5. The minimum absolute atomic E-state index is 0.353. The summed E-state index contributed by atoms with van der Waals surface area (Å²) in [5, 5.41) is 0. The highest BCUT2D eigenvalue weighted by Gasteiger charge is 2.12. The number of hydrogen-bond acceptors (Lipinski definition) is 1. The SMILES string of the molecule is CCOC(C)C(F)F. The molecule has 0 heterocycles. The largest absolute Gasteiger partial charge is 0.373 e. The van der Waals surface area contributed by atoms with Gasteiger partial charge in [-0.3, -0.25) is 0 Å². The molecular formula is C5H10F2O. The molecular weight excluding hydrogens is 114 g/mol. The van der Waals surface area contributed by atoms with Crippen molar-refractivity contribution in [3.8, 4) is 0 Å². The Morgan fingerprint density at radius 3 is 2.12 bits per heavy atom. The van der Waals surface area contributed by atoms with E-state index < -0.39 is 12.5 Å². The lowest BCUT2D eigenvalue weighted by atomic mass is 10.4. The van der Waals surface area contributed by atoms with E-state index in [1.165, 1.54) is 6.92 Å². The quantitative estimate of drug-likeness (QED) is 0.556. The third-order valence-electron chi connectivity index (χ3n) is 0.784. The molecule has 0 aromatic rings. The molecule has 0 N–H and O–H groups in total. The molecule has 0 radical (unpaired) electrons. The second-order valence-electron chi connectivity index (χ2n) is 1.49. The monoisotopic (exact) mass is 124 g/mol. The van der Waals surface area contributed by atoms with Crippen LogP contribution in [0.2, 0.25) is 0 Å². The van der Waals surface area contributed by atoms with E-state index in [1.54, 1.807) is 6.92 Å². The van der Waals surface area contributed by atoms with Crippen LogP contribution in [-0.4, -0.2) is 19.1 Å². The molecule has 1 nitrogen and oxygen atoms in total. The van der Waals surface area contributed by atoms with Crippen molar-refractivity contribution in [1.29, 1.82) is 0 Å². The highest BCUT2D eigenvalue weighted by Crippen LogP contribution is 2.02. The molecule has 50 valence electrons. The summed E-state index contributed by atoms with van der Waals surface area (Å²) in [4.78, 5) is 0. The molecule has 0 spiro atoms. The van der Waals surface area contributed by atoms with Gasteiger partial charge in [0.2, 0.25) is 0 Å². The van der Waals surface area contributed by atoms with Crippen LogP contribution in [0.15, 0.2) is 0 Å². The Morgan fingerprint density at radius 2 is 2.00 bits per heavy atom. The van der Waals surface area contributed by atoms with Crippen LogP contribution in [0, 0.1) is 0 Å². The van der Waals surface area contributed by atoms with Gasteiger partial charge < -0.3 is 4.74 Å². The minimum Gasteiger partial charge on any atom is -0.373 e. The Bertz CT molecular complexity index is 56.4. The topological polar surface area (TPSA) is 9.23 Å². The Morgan fingerprint density at radius 1 is 1.50 bits per heavy atom. The molecule has 0 aromatic carbocycles. The second kappa shape index (κ2) is 3.78. The summed E-state index contributed by atoms with van der Waals surface area (Å²) in [6.45, 7) is 3.40. The Hall–Kier alpha value is -0.180. The molecule has 3 heteroatoms. The molecule has 0 bridgehead atoms. The van der Waals surface area contributed by atoms with Crippen molar-refractivity contribution in [2.24, 2.45) is 0 Å². The van der Waals surface area contributed by atoms with Gasteiger partial charge in [0.1, 0.15) is 6.10 Å². The molecule has 0 rings (SSSR count). The lowest BCUT2D eigenvalue weighted by Gasteiger charge is -2.08. The summed E-state index contributed by atoms with van der Waals surface area (Å²) < 4.78 is 27.5. The number of alkyl halides is 2. The van der Waals surface area contributed by atoms with Crippen LogP contribution in [0.3, 0.4) is 0 Å². The molecule has 0 aliphatic rings. The third-order valence-corrected chi connectivity index (χ3v) is 0.784. The molecule has 0 aromatic heterocycles. The van der Waals surface area contributed by atoms with E-state index in [9.17, 15) is 8.78 Å². The summed E-state index contributed by atoms with van der Waals surface area (Å²) in [5.74, 6) is 0. The first-order valence-electron chi connectivity index (χ1n) is 2.58. The van der Waals surface area contributed by atoms with Crippen LogP contribution in [-0.2, 0) is 4.74 Å². The van der Waals surface area contributed by atoms with E-state index in [1.807, 2.05) is 0 Å². The van der Waals surface area contributed by atoms with Gasteiger partial charge in [0, 0.05) is 6.61 Å². The second-order valence-corrected chi connectivity index (χ2v) is 1.49. The van der Waals surface area contributed by atoms with Crippen LogP contribution in [0.5, 0.6) is 0 Å². The van der Waals surface area contributed by atoms with Crippen molar-refractivity contribution >= 4 is 0 Å². The highest BCUT2D eigenvalue weighted by molar-refractivity contribution is 4.49. The first-order valence-corrected chi connectivity index (χ1v) is 2.58. The molecule has 0 saturated carbocycles. The van der Waals surface area contributed by atoms with Gasteiger partial charge in [-0.1, -0.05) is 0 Å². The van der Waals surface area contributed by atoms with Crippen LogP contribution < -0.4 is 0 Å². The fraction of sp³-hybridized carbons (Fsp3) is 1.00. The zero-order valence-electron chi connectivity index (χ0n) is 5.03. The van der Waals surface area contributed by atoms with Gasteiger partial charge in [-0.15, -0.1) is 0 Å². The summed E-state index contributed by atoms with van der Waals surface area (Å²) in [6.07, 6.45) is -3.27. The highest BCUT2D eigenvalue weighted by atomic mass is 19.3. The number of hydrogen-bond donors (Lipinski definition) is 0. The number of ether oxygens (including phenoxy) is 1. The van der Waals surface area contributed by atoms with E-state index in [0.717, 1.165) is 0 Å². The lowest BCUT2D eigenvalue weighted by molar-refractivity contribution is -0.0402. The van der Waals surface area contributed by atoms with E-state index in [-0.39, 0.29) is 0 Å². The van der Waals surface area contributed by atoms with E-state index >= 15 is 0 Å². The molecule has 0 aliphatic carbocycles. The van der Waals surface area contributed by atoms with Crippen LogP contribution in [0.4, 0.5) is 8.78 Å². The number of rotatable bonds is 3. The standard InChI is InChI=1S/C5H10F2O/c1-3-8-4(2)5(6)7/h4-5H,3H2,1-2H3. The molecule has 0 saturated heterocycles. The normalized spacial score (nSPS) is 14.6. The van der Waals surface area contributed by atoms with Crippen molar-refractivity contribution in [2.75, 3.05) is 6.61 Å². The summed E-state index contributed by atoms with van der Waals surface area (Å²) in [5.41, 5.74) is 0. The first kappa shape index (κ1) is 7.82. The zero-order valence-corrected chi connectivity index (χ0v) is 5.03. The maximum absolute atomic E-state index is 11.5. The van der Waals surface area contributed by atoms with Gasteiger partial charge in [-0.05, 0) is 13.8 Å². The van der Waals surface area contributed by atoms with Gasteiger partial charge in [-0.2, -0.15) is 0 Å². The molecule has 0 aliphatic heterocycles. The van der Waals surface area contributed by atoms with Crippen LogP contribution in [0.1, 0.15) is 13.8 Å². The average Bonchev–Trinajstić information content (AvgIpc) is 1.67. The third kappa shape index (κ3) is 2.91. The smallest absolute Gasteiger partial charge is 0.264 e. The molecule has 0 amide bonds. The van der Waals surface area contributed by atoms with Crippen molar-refractivity contribution < 1.29 is 13.5 Å². The molecule has 1 unspecified atom stereocenters. The van der Waals surface area contributed by atoms with Gasteiger partial charge >= 0.3 is 0 Å². The van der Waals surface area contributed by atoms with E-state index in [2.05, 4.69) is 4.74 Å². The predicted molar refractivity (Wildman–Crippen MR) is 27.1 cm³/mol.